The van der Waals surface area contributed by atoms with Gasteiger partial charge in [0.15, 0.2) is 11.5 Å². The molecule has 0 unspecified atom stereocenters. The van der Waals surface area contributed by atoms with Gasteiger partial charge in [-0.1, -0.05) is 0 Å². The molecule has 1 aromatic heterocycles. The molecule has 1 aliphatic heterocycles. The smallest absolute Gasteiger partial charge is 0.225 e. The standard InChI is InChI=1S/C19H26N4O3/c1-12-7-18(22-19(20-12)21-13(2)11-24)23-6-5-14-8-16(25-3)17(26-4)9-15(14)10-23/h7-9,13,24H,5-6,10-11H2,1-4H3,(H,20,21,22)/t13-/m1/s1. The van der Waals surface area contributed by atoms with Gasteiger partial charge in [-0.3, -0.25) is 0 Å². The van der Waals surface area contributed by atoms with E-state index in [1.807, 2.05) is 26.0 Å². The van der Waals surface area contributed by atoms with Gasteiger partial charge < -0.3 is 24.8 Å². The van der Waals surface area contributed by atoms with E-state index in [1.54, 1.807) is 14.2 Å². The summed E-state index contributed by atoms with van der Waals surface area (Å²) in [4.78, 5) is 11.3. The third-order valence-corrected chi connectivity index (χ3v) is 4.53. The lowest BCUT2D eigenvalue weighted by Crippen LogP contribution is -2.31. The Morgan fingerprint density at radius 1 is 1.15 bits per heavy atom. The van der Waals surface area contributed by atoms with E-state index in [2.05, 4.69) is 26.3 Å². The molecule has 26 heavy (non-hydrogen) atoms. The first kappa shape index (κ1) is 18.3. The van der Waals surface area contributed by atoms with Crippen LogP contribution in [0.4, 0.5) is 11.8 Å². The van der Waals surface area contributed by atoms with Crippen LogP contribution in [0.3, 0.4) is 0 Å². The maximum absolute atomic E-state index is 9.23. The topological polar surface area (TPSA) is 79.7 Å². The minimum atomic E-state index is -0.0940. The van der Waals surface area contributed by atoms with Crippen LogP contribution in [-0.2, 0) is 13.0 Å². The molecule has 1 aliphatic rings. The summed E-state index contributed by atoms with van der Waals surface area (Å²) in [7, 11) is 3.31. The molecule has 3 rings (SSSR count). The largest absolute Gasteiger partial charge is 0.493 e. The number of methoxy groups -OCH3 is 2. The molecule has 7 heteroatoms. The van der Waals surface area contributed by atoms with Gasteiger partial charge in [0.25, 0.3) is 0 Å². The first-order valence-corrected chi connectivity index (χ1v) is 8.75. The maximum Gasteiger partial charge on any atom is 0.225 e. The fourth-order valence-electron chi connectivity index (χ4n) is 3.12. The molecule has 2 aromatic rings. The first-order valence-electron chi connectivity index (χ1n) is 8.75. The number of hydrogen-bond acceptors (Lipinski definition) is 7. The maximum atomic E-state index is 9.23. The van der Waals surface area contributed by atoms with Crippen molar-refractivity contribution in [2.75, 3.05) is 37.6 Å². The van der Waals surface area contributed by atoms with Crippen LogP contribution in [0.2, 0.25) is 0 Å². The highest BCUT2D eigenvalue weighted by molar-refractivity contribution is 5.53. The van der Waals surface area contributed by atoms with Gasteiger partial charge in [0, 0.05) is 30.9 Å². The minimum Gasteiger partial charge on any atom is -0.493 e. The quantitative estimate of drug-likeness (QED) is 0.819. The molecule has 0 radical (unpaired) electrons. The summed E-state index contributed by atoms with van der Waals surface area (Å²) in [5.74, 6) is 2.93. The summed E-state index contributed by atoms with van der Waals surface area (Å²) in [6.07, 6.45) is 0.911. The van der Waals surface area contributed by atoms with E-state index in [0.717, 1.165) is 42.5 Å². The Bertz CT molecular complexity index is 782. The third-order valence-electron chi connectivity index (χ3n) is 4.53. The lowest BCUT2D eigenvalue weighted by molar-refractivity contribution is 0.281. The van der Waals surface area contributed by atoms with Crippen LogP contribution in [0.25, 0.3) is 0 Å². The number of hydrogen-bond donors (Lipinski definition) is 2. The van der Waals surface area contributed by atoms with Crippen molar-refractivity contribution in [2.45, 2.75) is 32.9 Å². The number of nitrogens with one attached hydrogen (secondary N) is 1. The number of aliphatic hydroxyl groups excluding tert-OH is 1. The Labute approximate surface area is 154 Å². The van der Waals surface area contributed by atoms with Gasteiger partial charge in [0.2, 0.25) is 5.95 Å². The zero-order valence-electron chi connectivity index (χ0n) is 15.7. The van der Waals surface area contributed by atoms with Crippen LogP contribution in [0, 0.1) is 6.92 Å². The number of aryl methyl sites for hydroxylation is 1. The van der Waals surface area contributed by atoms with E-state index < -0.39 is 0 Å². The van der Waals surface area contributed by atoms with Crippen LogP contribution in [0.1, 0.15) is 23.7 Å². The Morgan fingerprint density at radius 3 is 2.50 bits per heavy atom. The normalized spacial score (nSPS) is 14.6. The van der Waals surface area contributed by atoms with Gasteiger partial charge in [0.1, 0.15) is 5.82 Å². The highest BCUT2D eigenvalue weighted by atomic mass is 16.5. The SMILES string of the molecule is COc1cc2c(cc1OC)CN(c1cc(C)nc(N[C@H](C)CO)n1)CC2. The Hall–Kier alpha value is -2.54. The van der Waals surface area contributed by atoms with Crippen molar-refractivity contribution in [3.63, 3.8) is 0 Å². The zero-order valence-corrected chi connectivity index (χ0v) is 15.7. The minimum absolute atomic E-state index is 0.0331. The molecule has 0 bridgehead atoms. The summed E-state index contributed by atoms with van der Waals surface area (Å²) >= 11 is 0. The summed E-state index contributed by atoms with van der Waals surface area (Å²) in [6.45, 7) is 5.49. The fraction of sp³-hybridized carbons (Fsp3) is 0.474. The average Bonchev–Trinajstić information content (AvgIpc) is 2.65. The molecule has 140 valence electrons. The van der Waals surface area contributed by atoms with Crippen LogP contribution in [0.15, 0.2) is 18.2 Å². The molecule has 1 aromatic carbocycles. The van der Waals surface area contributed by atoms with Gasteiger partial charge in [-0.05, 0) is 43.5 Å². The molecule has 0 saturated heterocycles. The number of aliphatic hydroxyl groups is 1. The molecule has 0 amide bonds. The summed E-state index contributed by atoms with van der Waals surface area (Å²) < 4.78 is 10.8. The van der Waals surface area contributed by atoms with E-state index >= 15 is 0 Å². The van der Waals surface area contributed by atoms with E-state index in [9.17, 15) is 5.11 Å². The van der Waals surface area contributed by atoms with E-state index in [-0.39, 0.29) is 12.6 Å². The number of fused-ring (bicyclic) bond motifs is 1. The van der Waals surface area contributed by atoms with Gasteiger partial charge in [-0.15, -0.1) is 0 Å². The van der Waals surface area contributed by atoms with Crippen molar-refractivity contribution < 1.29 is 14.6 Å². The molecule has 0 fully saturated rings. The number of aromatic nitrogens is 2. The van der Waals surface area contributed by atoms with E-state index in [4.69, 9.17) is 9.47 Å². The number of rotatable bonds is 6. The molecule has 2 heterocycles. The average molecular weight is 358 g/mol. The lowest BCUT2D eigenvalue weighted by Gasteiger charge is -2.31. The highest BCUT2D eigenvalue weighted by Gasteiger charge is 2.21. The predicted molar refractivity (Wildman–Crippen MR) is 101 cm³/mol. The monoisotopic (exact) mass is 358 g/mol. The van der Waals surface area contributed by atoms with Crippen molar-refractivity contribution in [3.8, 4) is 11.5 Å². The van der Waals surface area contributed by atoms with Crippen LogP contribution in [-0.4, -0.2) is 48.5 Å². The van der Waals surface area contributed by atoms with Gasteiger partial charge in [-0.25, -0.2) is 4.98 Å². The molecule has 0 aliphatic carbocycles. The number of ether oxygens (including phenoxy) is 2. The molecule has 0 spiro atoms. The molecular weight excluding hydrogens is 332 g/mol. The first-order chi connectivity index (χ1) is 12.5. The molecule has 1 atom stereocenters. The Morgan fingerprint density at radius 2 is 1.85 bits per heavy atom. The van der Waals surface area contributed by atoms with Gasteiger partial charge in [0.05, 0.1) is 20.8 Å². The summed E-state index contributed by atoms with van der Waals surface area (Å²) in [5.41, 5.74) is 3.38. The Kier molecular flexibility index (Phi) is 5.46. The summed E-state index contributed by atoms with van der Waals surface area (Å²) in [5, 5.41) is 12.4. The van der Waals surface area contributed by atoms with Crippen molar-refractivity contribution in [1.82, 2.24) is 9.97 Å². The van der Waals surface area contributed by atoms with Crippen molar-refractivity contribution in [1.29, 1.82) is 0 Å². The van der Waals surface area contributed by atoms with E-state index in [1.165, 1.54) is 11.1 Å². The van der Waals surface area contributed by atoms with Gasteiger partial charge >= 0.3 is 0 Å². The second kappa shape index (κ2) is 7.78. The second-order valence-corrected chi connectivity index (χ2v) is 6.57. The van der Waals surface area contributed by atoms with Crippen LogP contribution >= 0.6 is 0 Å². The zero-order chi connectivity index (χ0) is 18.7. The number of nitrogens with zero attached hydrogens (tertiary/aromatic N) is 3. The molecular formula is C19H26N4O3. The molecule has 7 nitrogen and oxygen atoms in total. The van der Waals surface area contributed by atoms with Gasteiger partial charge in [-0.2, -0.15) is 4.98 Å². The number of anilines is 2. The number of benzene rings is 1. The summed E-state index contributed by atoms with van der Waals surface area (Å²) in [6, 6.07) is 6.00. The third kappa shape index (κ3) is 3.83. The van der Waals surface area contributed by atoms with Crippen molar-refractivity contribution >= 4 is 11.8 Å². The molecule has 2 N–H and O–H groups in total. The van der Waals surface area contributed by atoms with Crippen LogP contribution < -0.4 is 19.7 Å². The van der Waals surface area contributed by atoms with Crippen molar-refractivity contribution in [3.05, 3.63) is 35.0 Å². The predicted octanol–water partition coefficient (Wildman–Crippen LogP) is 2.16. The van der Waals surface area contributed by atoms with Crippen LogP contribution in [0.5, 0.6) is 11.5 Å². The fourth-order valence-corrected chi connectivity index (χ4v) is 3.12. The van der Waals surface area contributed by atoms with E-state index in [0.29, 0.717) is 5.95 Å². The molecule has 0 saturated carbocycles. The second-order valence-electron chi connectivity index (χ2n) is 6.57. The lowest BCUT2D eigenvalue weighted by atomic mass is 9.99. The highest BCUT2D eigenvalue weighted by Crippen LogP contribution is 2.34. The Balaban J connectivity index is 1.86. The van der Waals surface area contributed by atoms with Crippen molar-refractivity contribution in [2.24, 2.45) is 0 Å².